The largest absolute Gasteiger partial charge is 0.481 e. The first-order valence-corrected chi connectivity index (χ1v) is 7.23. The minimum Gasteiger partial charge on any atom is -0.481 e. The molecule has 1 aromatic rings. The van der Waals surface area contributed by atoms with Crippen LogP contribution < -0.4 is 0 Å². The van der Waals surface area contributed by atoms with Crippen LogP contribution in [0.2, 0.25) is 0 Å². The fourth-order valence-corrected chi connectivity index (χ4v) is 2.75. The molecule has 1 N–H and O–H groups in total. The van der Waals surface area contributed by atoms with Gasteiger partial charge in [0.1, 0.15) is 0 Å². The minimum absolute atomic E-state index is 0.101. The van der Waals surface area contributed by atoms with E-state index in [1.165, 1.54) is 18.2 Å². The zero-order chi connectivity index (χ0) is 16.1. The molecule has 1 atom stereocenters. The molecule has 1 aliphatic heterocycles. The van der Waals surface area contributed by atoms with Crippen molar-refractivity contribution in [3.63, 3.8) is 0 Å². The summed E-state index contributed by atoms with van der Waals surface area (Å²) in [5, 5.41) is 19.5. The van der Waals surface area contributed by atoms with E-state index in [2.05, 4.69) is 0 Å². The topological polar surface area (TPSA) is 101 Å². The molecule has 0 aromatic heterocycles. The van der Waals surface area contributed by atoms with Gasteiger partial charge in [-0.05, 0) is 31.2 Å². The number of carbonyl (C=O) groups is 2. The van der Waals surface area contributed by atoms with E-state index < -0.39 is 10.9 Å². The van der Waals surface area contributed by atoms with Crippen molar-refractivity contribution in [1.29, 1.82) is 0 Å². The molecule has 0 saturated carbocycles. The maximum Gasteiger partial charge on any atom is 0.303 e. The number of benzene rings is 1. The lowest BCUT2D eigenvalue weighted by molar-refractivity contribution is -0.384. The van der Waals surface area contributed by atoms with Crippen molar-refractivity contribution in [3.8, 4) is 0 Å². The first-order chi connectivity index (χ1) is 10.5. The molecule has 7 heteroatoms. The van der Waals surface area contributed by atoms with Crippen LogP contribution in [0.5, 0.6) is 0 Å². The second-order valence-electron chi connectivity index (χ2n) is 5.50. The molecule has 1 amide bonds. The molecule has 1 aromatic carbocycles. The zero-order valence-electron chi connectivity index (χ0n) is 12.1. The summed E-state index contributed by atoms with van der Waals surface area (Å²) in [6.07, 6.45) is 2.38. The number of hydrogen-bond acceptors (Lipinski definition) is 4. The number of nitro groups is 1. The number of carboxylic acid groups (broad SMARTS) is 1. The first kappa shape index (κ1) is 15.9. The number of aliphatic carboxylic acids is 1. The molecule has 1 saturated heterocycles. The number of nitro benzene ring substituents is 1. The van der Waals surface area contributed by atoms with Crippen LogP contribution in [0.15, 0.2) is 24.3 Å². The van der Waals surface area contributed by atoms with E-state index in [1.807, 2.05) is 0 Å². The van der Waals surface area contributed by atoms with Crippen molar-refractivity contribution in [3.05, 3.63) is 39.9 Å². The monoisotopic (exact) mass is 306 g/mol. The molecule has 1 aliphatic rings. The Bertz CT molecular complexity index is 587. The minimum atomic E-state index is -0.831. The molecule has 0 aliphatic carbocycles. The SMILES string of the molecule is O=C(O)CCC1CCCN(C(=O)c2cccc([N+](=O)[O-])c2)C1. The number of hydrogen-bond donors (Lipinski definition) is 1. The quantitative estimate of drug-likeness (QED) is 0.664. The third-order valence-electron chi connectivity index (χ3n) is 3.88. The van der Waals surface area contributed by atoms with Gasteiger partial charge in [-0.1, -0.05) is 6.07 Å². The lowest BCUT2D eigenvalue weighted by Crippen LogP contribution is -2.40. The maximum atomic E-state index is 12.4. The van der Waals surface area contributed by atoms with E-state index in [-0.39, 0.29) is 23.9 Å². The molecule has 1 unspecified atom stereocenters. The van der Waals surface area contributed by atoms with Gasteiger partial charge in [-0.15, -0.1) is 0 Å². The number of amides is 1. The second kappa shape index (κ2) is 7.02. The second-order valence-corrected chi connectivity index (χ2v) is 5.50. The van der Waals surface area contributed by atoms with E-state index in [4.69, 9.17) is 5.11 Å². The van der Waals surface area contributed by atoms with Crippen LogP contribution in [-0.2, 0) is 4.79 Å². The van der Waals surface area contributed by atoms with Gasteiger partial charge >= 0.3 is 5.97 Å². The lowest BCUT2D eigenvalue weighted by atomic mass is 9.93. The predicted octanol–water partition coefficient (Wildman–Crippen LogP) is 2.31. The third-order valence-corrected chi connectivity index (χ3v) is 3.88. The van der Waals surface area contributed by atoms with Gasteiger partial charge in [0.15, 0.2) is 0 Å². The molecular weight excluding hydrogens is 288 g/mol. The van der Waals surface area contributed by atoms with Crippen molar-refractivity contribution in [2.75, 3.05) is 13.1 Å². The highest BCUT2D eigenvalue weighted by molar-refractivity contribution is 5.94. The normalized spacial score (nSPS) is 18.0. The van der Waals surface area contributed by atoms with Crippen molar-refractivity contribution >= 4 is 17.6 Å². The zero-order valence-corrected chi connectivity index (χ0v) is 12.1. The van der Waals surface area contributed by atoms with Gasteiger partial charge in [0.05, 0.1) is 4.92 Å². The number of likely N-dealkylation sites (tertiary alicyclic amines) is 1. The highest BCUT2D eigenvalue weighted by Crippen LogP contribution is 2.23. The van der Waals surface area contributed by atoms with Gasteiger partial charge < -0.3 is 10.0 Å². The Morgan fingerprint density at radius 2 is 2.18 bits per heavy atom. The number of rotatable bonds is 5. The molecule has 7 nitrogen and oxygen atoms in total. The summed E-state index contributed by atoms with van der Waals surface area (Å²) in [4.78, 5) is 35.0. The molecule has 0 spiro atoms. The Morgan fingerprint density at radius 1 is 1.41 bits per heavy atom. The molecular formula is C15H18N2O5. The van der Waals surface area contributed by atoms with Gasteiger partial charge in [-0.25, -0.2) is 0 Å². The maximum absolute atomic E-state index is 12.4. The van der Waals surface area contributed by atoms with Crippen molar-refractivity contribution in [1.82, 2.24) is 4.90 Å². The summed E-state index contributed by atoms with van der Waals surface area (Å²) < 4.78 is 0. The summed E-state index contributed by atoms with van der Waals surface area (Å²) in [6, 6.07) is 5.69. The van der Waals surface area contributed by atoms with Crippen LogP contribution in [0.4, 0.5) is 5.69 Å². The first-order valence-electron chi connectivity index (χ1n) is 7.23. The number of nitrogens with zero attached hydrogens (tertiary/aromatic N) is 2. The van der Waals surface area contributed by atoms with Gasteiger partial charge in [0, 0.05) is 37.2 Å². The Balaban J connectivity index is 2.04. The number of carbonyl (C=O) groups excluding carboxylic acids is 1. The summed E-state index contributed by atoms with van der Waals surface area (Å²) in [6.45, 7) is 1.11. The van der Waals surface area contributed by atoms with Crippen LogP contribution >= 0.6 is 0 Å². The van der Waals surface area contributed by atoms with Crippen LogP contribution in [0, 0.1) is 16.0 Å². The van der Waals surface area contributed by atoms with Gasteiger partial charge in [0.25, 0.3) is 11.6 Å². The van der Waals surface area contributed by atoms with Crippen molar-refractivity contribution in [2.24, 2.45) is 5.92 Å². The van der Waals surface area contributed by atoms with Gasteiger partial charge in [0.2, 0.25) is 0 Å². The summed E-state index contributed by atoms with van der Waals surface area (Å²) in [7, 11) is 0. The summed E-state index contributed by atoms with van der Waals surface area (Å²) in [5.74, 6) is -0.890. The molecule has 1 heterocycles. The van der Waals surface area contributed by atoms with Gasteiger partial charge in [-0.3, -0.25) is 19.7 Å². The number of non-ortho nitro benzene ring substituents is 1. The predicted molar refractivity (Wildman–Crippen MR) is 78.6 cm³/mol. The molecule has 0 bridgehead atoms. The summed E-state index contributed by atoms with van der Waals surface area (Å²) in [5.41, 5.74) is 0.193. The Morgan fingerprint density at radius 3 is 2.86 bits per heavy atom. The fraction of sp³-hybridized carbons (Fsp3) is 0.467. The highest BCUT2D eigenvalue weighted by atomic mass is 16.6. The number of carboxylic acids is 1. The molecule has 0 radical (unpaired) electrons. The average Bonchev–Trinajstić information content (AvgIpc) is 2.52. The Hall–Kier alpha value is -2.44. The van der Waals surface area contributed by atoms with Crippen LogP contribution in [0.3, 0.4) is 0 Å². The van der Waals surface area contributed by atoms with E-state index in [0.717, 1.165) is 12.8 Å². The van der Waals surface area contributed by atoms with Crippen molar-refractivity contribution < 1.29 is 19.6 Å². The molecule has 118 valence electrons. The summed E-state index contributed by atoms with van der Waals surface area (Å²) >= 11 is 0. The van der Waals surface area contributed by atoms with Gasteiger partial charge in [-0.2, -0.15) is 0 Å². The lowest BCUT2D eigenvalue weighted by Gasteiger charge is -2.32. The van der Waals surface area contributed by atoms with E-state index in [1.54, 1.807) is 11.0 Å². The van der Waals surface area contributed by atoms with Crippen LogP contribution in [0.25, 0.3) is 0 Å². The molecule has 1 fully saturated rings. The third kappa shape index (κ3) is 4.03. The van der Waals surface area contributed by atoms with Crippen LogP contribution in [-0.4, -0.2) is 39.9 Å². The highest BCUT2D eigenvalue weighted by Gasteiger charge is 2.25. The fourth-order valence-electron chi connectivity index (χ4n) is 2.75. The smallest absolute Gasteiger partial charge is 0.303 e. The van der Waals surface area contributed by atoms with E-state index in [9.17, 15) is 19.7 Å². The number of piperidine rings is 1. The molecule has 2 rings (SSSR count). The van der Waals surface area contributed by atoms with E-state index in [0.29, 0.717) is 25.1 Å². The van der Waals surface area contributed by atoms with Crippen LogP contribution in [0.1, 0.15) is 36.0 Å². The standard InChI is InChI=1S/C15H18N2O5/c18-14(19)7-6-11-3-2-8-16(10-11)15(20)12-4-1-5-13(9-12)17(21)22/h1,4-5,9,11H,2-3,6-8,10H2,(H,18,19). The van der Waals surface area contributed by atoms with E-state index >= 15 is 0 Å². The Kier molecular flexibility index (Phi) is 5.08. The van der Waals surface area contributed by atoms with Crippen molar-refractivity contribution in [2.45, 2.75) is 25.7 Å². The average molecular weight is 306 g/mol. The Labute approximate surface area is 127 Å². The molecule has 22 heavy (non-hydrogen) atoms.